The minimum atomic E-state index is -1.32. The Kier molecular flexibility index (Phi) is 8.84. The van der Waals surface area contributed by atoms with Gasteiger partial charge in [-0.15, -0.1) is 11.3 Å². The van der Waals surface area contributed by atoms with Crippen molar-refractivity contribution < 1.29 is 23.5 Å². The molecule has 0 unspecified atom stereocenters. The first kappa shape index (κ1) is 29.7. The zero-order valence-electron chi connectivity index (χ0n) is 24.1. The van der Waals surface area contributed by atoms with E-state index in [-0.39, 0.29) is 29.9 Å². The number of aliphatic hydroxyl groups is 1. The molecule has 2 amide bonds. The molecule has 5 atom stereocenters. The maximum absolute atomic E-state index is 14.0. The van der Waals surface area contributed by atoms with Gasteiger partial charge in [-0.05, 0) is 49.9 Å². The number of thiazole rings is 1. The van der Waals surface area contributed by atoms with E-state index in [4.69, 9.17) is 4.42 Å². The summed E-state index contributed by atoms with van der Waals surface area (Å²) < 4.78 is 19.2. The first-order chi connectivity index (χ1) is 21.4. The molecule has 2 aliphatic rings. The van der Waals surface area contributed by atoms with Gasteiger partial charge in [-0.3, -0.25) is 14.9 Å². The number of benzene rings is 2. The molecule has 0 spiro atoms. The smallest absolute Gasteiger partial charge is 0.254 e. The largest absolute Gasteiger partial charge is 0.445 e. The van der Waals surface area contributed by atoms with Gasteiger partial charge in [0.25, 0.3) is 11.8 Å². The number of amides is 2. The van der Waals surface area contributed by atoms with Crippen LogP contribution in [0.1, 0.15) is 55.9 Å². The van der Waals surface area contributed by atoms with Crippen LogP contribution < -0.4 is 10.6 Å². The van der Waals surface area contributed by atoms with E-state index in [0.717, 1.165) is 29.1 Å². The van der Waals surface area contributed by atoms with Gasteiger partial charge < -0.3 is 19.7 Å². The highest BCUT2D eigenvalue weighted by Gasteiger charge is 2.34. The SMILES string of the molecule is Cc1csc([C@H]2CCCN2C(=O)c2cc(C(=O)N[C@@H](Cc3ccccc3)[C@H](O)[C@H]3C#C[C@H](F)CN3)cc(-c3ncco3)c2)n1. The first-order valence-corrected chi connectivity index (χ1v) is 15.4. The van der Waals surface area contributed by atoms with Crippen LogP contribution in [0.5, 0.6) is 0 Å². The molecule has 4 heterocycles. The van der Waals surface area contributed by atoms with Crippen molar-refractivity contribution in [3.63, 3.8) is 0 Å². The predicted octanol–water partition coefficient (Wildman–Crippen LogP) is 4.10. The summed E-state index contributed by atoms with van der Waals surface area (Å²) >= 11 is 1.54. The van der Waals surface area contributed by atoms with Crippen molar-refractivity contribution in [2.45, 2.75) is 56.6 Å². The van der Waals surface area contributed by atoms with Gasteiger partial charge in [0.15, 0.2) is 6.17 Å². The summed E-state index contributed by atoms with van der Waals surface area (Å²) in [7, 11) is 0. The van der Waals surface area contributed by atoms with Crippen LogP contribution in [0.2, 0.25) is 0 Å². The molecule has 2 aliphatic heterocycles. The van der Waals surface area contributed by atoms with E-state index >= 15 is 0 Å². The third-order valence-electron chi connectivity index (χ3n) is 7.84. The Morgan fingerprint density at radius 1 is 1.23 bits per heavy atom. The fourth-order valence-electron chi connectivity index (χ4n) is 5.66. The van der Waals surface area contributed by atoms with Crippen LogP contribution in [0.3, 0.4) is 0 Å². The first-order valence-electron chi connectivity index (χ1n) is 14.5. The van der Waals surface area contributed by atoms with Gasteiger partial charge >= 0.3 is 0 Å². The molecule has 226 valence electrons. The average Bonchev–Trinajstić information content (AvgIpc) is 3.83. The van der Waals surface area contributed by atoms with Gasteiger partial charge in [-0.1, -0.05) is 42.2 Å². The molecule has 2 aromatic heterocycles. The molecular weight excluding hydrogens is 581 g/mol. The lowest BCUT2D eigenvalue weighted by Crippen LogP contribution is -2.55. The fourth-order valence-corrected chi connectivity index (χ4v) is 6.60. The van der Waals surface area contributed by atoms with E-state index in [0.29, 0.717) is 24.1 Å². The van der Waals surface area contributed by atoms with Crippen molar-refractivity contribution in [2.24, 2.45) is 0 Å². The number of halogens is 1. The van der Waals surface area contributed by atoms with E-state index in [1.807, 2.05) is 47.5 Å². The van der Waals surface area contributed by atoms with Crippen LogP contribution in [-0.2, 0) is 6.42 Å². The Bertz CT molecular complexity index is 1680. The van der Waals surface area contributed by atoms with Crippen LogP contribution in [0.25, 0.3) is 11.5 Å². The highest BCUT2D eigenvalue weighted by atomic mass is 32.1. The number of aryl methyl sites for hydroxylation is 1. The standard InChI is InChI=1S/C33H32FN5O4S/c1-20-19-44-32(37-20)28-8-5-12-39(28)33(42)24-16-22(15-23(17-24)31-35-11-13-43-31)30(41)38-27(14-21-6-3-2-4-7-21)29(40)26-10-9-25(34)18-36-26/h2-4,6-7,11,13,15-17,19,25-29,36,40H,5,8,12,14,18H2,1H3,(H,38,41)/t25-,26+,27-,28+,29+/m0/s1. The second kappa shape index (κ2) is 13.1. The Labute approximate surface area is 258 Å². The number of aromatic nitrogens is 2. The van der Waals surface area contributed by atoms with Gasteiger partial charge in [0.2, 0.25) is 5.89 Å². The third kappa shape index (κ3) is 6.58. The monoisotopic (exact) mass is 613 g/mol. The maximum atomic E-state index is 14.0. The quantitative estimate of drug-likeness (QED) is 0.243. The van der Waals surface area contributed by atoms with Crippen LogP contribution in [0.15, 0.2) is 70.8 Å². The van der Waals surface area contributed by atoms with Crippen molar-refractivity contribution in [1.82, 2.24) is 25.5 Å². The number of nitrogens with zero attached hydrogens (tertiary/aromatic N) is 3. The van der Waals surface area contributed by atoms with Crippen LogP contribution in [0.4, 0.5) is 4.39 Å². The van der Waals surface area contributed by atoms with Gasteiger partial charge in [-0.2, -0.15) is 0 Å². The number of likely N-dealkylation sites (tertiary alicyclic amines) is 1. The van der Waals surface area contributed by atoms with Crippen molar-refractivity contribution in [3.8, 4) is 23.3 Å². The number of alkyl halides is 1. The molecule has 1 fully saturated rings. The number of hydrogen-bond donors (Lipinski definition) is 3. The van der Waals surface area contributed by atoms with E-state index in [1.54, 1.807) is 29.5 Å². The van der Waals surface area contributed by atoms with E-state index in [9.17, 15) is 19.1 Å². The number of aliphatic hydroxyl groups excluding tert-OH is 1. The second-order valence-electron chi connectivity index (χ2n) is 11.0. The molecule has 0 bridgehead atoms. The highest BCUT2D eigenvalue weighted by Crippen LogP contribution is 2.35. The maximum Gasteiger partial charge on any atom is 0.254 e. The average molecular weight is 614 g/mol. The molecule has 1 saturated heterocycles. The Balaban J connectivity index is 1.31. The molecule has 11 heteroatoms. The zero-order chi connectivity index (χ0) is 30.6. The number of nitrogens with one attached hydrogen (secondary N) is 2. The highest BCUT2D eigenvalue weighted by molar-refractivity contribution is 7.09. The Morgan fingerprint density at radius 3 is 2.75 bits per heavy atom. The summed E-state index contributed by atoms with van der Waals surface area (Å²) in [4.78, 5) is 38.5. The van der Waals surface area contributed by atoms with Crippen molar-refractivity contribution in [1.29, 1.82) is 0 Å². The van der Waals surface area contributed by atoms with Gasteiger partial charge in [-0.25, -0.2) is 14.4 Å². The molecule has 4 aromatic rings. The molecule has 6 rings (SSSR count). The van der Waals surface area contributed by atoms with Gasteiger partial charge in [0.1, 0.15) is 17.4 Å². The van der Waals surface area contributed by atoms with Gasteiger partial charge in [0.05, 0.1) is 24.3 Å². The second-order valence-corrected chi connectivity index (χ2v) is 11.9. The van der Waals surface area contributed by atoms with E-state index in [2.05, 4.69) is 32.4 Å². The summed E-state index contributed by atoms with van der Waals surface area (Å²) in [6.07, 6.45) is 2.44. The Morgan fingerprint density at radius 2 is 2.05 bits per heavy atom. The summed E-state index contributed by atoms with van der Waals surface area (Å²) in [5.41, 5.74) is 2.81. The molecular formula is C33H32FN5O4S. The number of carbonyl (C=O) groups excluding carboxylic acids is 2. The molecule has 2 aromatic carbocycles. The minimum Gasteiger partial charge on any atom is -0.445 e. The third-order valence-corrected chi connectivity index (χ3v) is 8.90. The van der Waals surface area contributed by atoms with Crippen molar-refractivity contribution in [3.05, 3.63) is 93.8 Å². The van der Waals surface area contributed by atoms with Gasteiger partial charge in [0, 0.05) is 40.9 Å². The summed E-state index contributed by atoms with van der Waals surface area (Å²) in [5, 5.41) is 20.1. The van der Waals surface area contributed by atoms with E-state index < -0.39 is 30.3 Å². The minimum absolute atomic E-state index is 0.0115. The normalized spacial score (nSPS) is 20.9. The summed E-state index contributed by atoms with van der Waals surface area (Å²) in [6.45, 7) is 2.50. The number of carbonyl (C=O) groups is 2. The lowest BCUT2D eigenvalue weighted by atomic mass is 9.94. The van der Waals surface area contributed by atoms with Crippen LogP contribution in [0, 0.1) is 18.8 Å². The summed E-state index contributed by atoms with van der Waals surface area (Å²) in [5.74, 6) is 4.79. The molecule has 44 heavy (non-hydrogen) atoms. The molecule has 0 radical (unpaired) electrons. The number of hydrogen-bond acceptors (Lipinski definition) is 8. The topological polar surface area (TPSA) is 121 Å². The van der Waals surface area contributed by atoms with Crippen molar-refractivity contribution >= 4 is 23.2 Å². The molecule has 0 aliphatic carbocycles. The van der Waals surface area contributed by atoms with Crippen LogP contribution >= 0.6 is 11.3 Å². The molecule has 3 N–H and O–H groups in total. The predicted molar refractivity (Wildman–Crippen MR) is 164 cm³/mol. The van der Waals surface area contributed by atoms with Crippen molar-refractivity contribution in [2.75, 3.05) is 13.1 Å². The van der Waals surface area contributed by atoms with E-state index in [1.165, 1.54) is 12.5 Å². The fraction of sp³-hybridized carbons (Fsp3) is 0.333. The Hall–Kier alpha value is -4.37. The number of oxazole rings is 1. The molecule has 0 saturated carbocycles. The molecule has 9 nitrogen and oxygen atoms in total. The lowest BCUT2D eigenvalue weighted by molar-refractivity contribution is 0.0735. The summed E-state index contributed by atoms with van der Waals surface area (Å²) in [6, 6.07) is 12.7. The lowest BCUT2D eigenvalue weighted by Gasteiger charge is -2.30. The van der Waals surface area contributed by atoms with Crippen LogP contribution in [-0.4, -0.2) is 69.2 Å². The zero-order valence-corrected chi connectivity index (χ0v) is 24.9. The number of rotatable bonds is 9.